The summed E-state index contributed by atoms with van der Waals surface area (Å²) < 4.78 is 5.75. The Bertz CT molecular complexity index is 1390. The molecule has 0 unspecified atom stereocenters. The monoisotopic (exact) mass is 514 g/mol. The summed E-state index contributed by atoms with van der Waals surface area (Å²) in [5, 5.41) is 23.7. The molecule has 2 atom stereocenters. The normalized spacial score (nSPS) is 15.6. The molecule has 5 rings (SSSR count). The van der Waals surface area contributed by atoms with Crippen molar-refractivity contribution in [1.82, 2.24) is 10.3 Å². The summed E-state index contributed by atoms with van der Waals surface area (Å²) in [6.45, 7) is 0.482. The predicted octanol–water partition coefficient (Wildman–Crippen LogP) is 6.07. The molecule has 37 heavy (non-hydrogen) atoms. The summed E-state index contributed by atoms with van der Waals surface area (Å²) in [6.07, 6.45) is 3.62. The third-order valence-corrected chi connectivity index (χ3v) is 6.90. The smallest absolute Gasteiger partial charge is 0.337 e. The molecule has 0 saturated heterocycles. The van der Waals surface area contributed by atoms with E-state index in [9.17, 15) is 9.90 Å². The first kappa shape index (κ1) is 25.0. The van der Waals surface area contributed by atoms with Gasteiger partial charge in [-0.25, -0.2) is 9.78 Å². The van der Waals surface area contributed by atoms with Crippen LogP contribution < -0.4 is 10.1 Å². The molecule has 0 radical (unpaired) electrons. The summed E-state index contributed by atoms with van der Waals surface area (Å²) in [7, 11) is 0. The molecule has 0 spiro atoms. The zero-order chi connectivity index (χ0) is 25.8. The van der Waals surface area contributed by atoms with Crippen LogP contribution in [0, 0.1) is 0 Å². The molecule has 0 aliphatic heterocycles. The number of hydrogen-bond acceptors (Lipinski definition) is 5. The molecule has 0 bridgehead atoms. The third kappa shape index (κ3) is 6.17. The van der Waals surface area contributed by atoms with Crippen LogP contribution in [0.15, 0.2) is 85.1 Å². The number of ether oxygens (including phenoxy) is 1. The maximum Gasteiger partial charge on any atom is 0.337 e. The number of aliphatic hydroxyl groups excluding tert-OH is 1. The minimum absolute atomic E-state index is 0.116. The van der Waals surface area contributed by atoms with E-state index in [-0.39, 0.29) is 5.56 Å². The number of benzene rings is 3. The van der Waals surface area contributed by atoms with Crippen molar-refractivity contribution in [1.29, 1.82) is 0 Å². The molecule has 0 saturated carbocycles. The first-order chi connectivity index (χ1) is 17.9. The maximum atomic E-state index is 11.0. The predicted molar refractivity (Wildman–Crippen MR) is 143 cm³/mol. The summed E-state index contributed by atoms with van der Waals surface area (Å²) in [5.74, 6) is -0.0592. The van der Waals surface area contributed by atoms with Crippen LogP contribution in [0.4, 0.5) is 0 Å². The van der Waals surface area contributed by atoms with Gasteiger partial charge in [0, 0.05) is 29.9 Å². The number of hydrogen-bond donors (Lipinski definition) is 3. The lowest BCUT2D eigenvalue weighted by Crippen LogP contribution is -2.37. The minimum atomic E-state index is -1.02. The van der Waals surface area contributed by atoms with Crippen molar-refractivity contribution in [2.45, 2.75) is 31.4 Å². The number of halogens is 1. The van der Waals surface area contributed by atoms with Crippen LogP contribution >= 0.6 is 11.6 Å². The second-order valence-electron chi connectivity index (χ2n) is 9.22. The van der Waals surface area contributed by atoms with Gasteiger partial charge in [-0.2, -0.15) is 0 Å². The van der Waals surface area contributed by atoms with Gasteiger partial charge in [-0.05, 0) is 77.4 Å². The number of nitrogens with zero attached hydrogens (tertiary/aromatic N) is 1. The highest BCUT2D eigenvalue weighted by atomic mass is 35.5. The van der Waals surface area contributed by atoms with E-state index in [1.165, 1.54) is 23.4 Å². The van der Waals surface area contributed by atoms with Crippen LogP contribution in [0.25, 0.3) is 11.1 Å². The zero-order valence-electron chi connectivity index (χ0n) is 20.1. The number of aromatic nitrogens is 1. The van der Waals surface area contributed by atoms with Gasteiger partial charge in [-0.15, -0.1) is 0 Å². The number of carboxylic acid groups (broad SMARTS) is 1. The summed E-state index contributed by atoms with van der Waals surface area (Å²) >= 11 is 6.06. The van der Waals surface area contributed by atoms with Gasteiger partial charge in [0.05, 0.1) is 11.7 Å². The summed E-state index contributed by atoms with van der Waals surface area (Å²) in [5.41, 5.74) is 5.84. The molecular weight excluding hydrogens is 488 g/mol. The highest BCUT2D eigenvalue weighted by Crippen LogP contribution is 2.30. The minimum Gasteiger partial charge on any atom is -0.478 e. The highest BCUT2D eigenvalue weighted by Gasteiger charge is 2.20. The molecule has 1 aliphatic rings. The first-order valence-corrected chi connectivity index (χ1v) is 12.6. The molecule has 1 aromatic heterocycles. The fourth-order valence-electron chi connectivity index (χ4n) is 4.62. The number of aliphatic hydroxyl groups is 1. The molecule has 6 nitrogen and oxygen atoms in total. The average molecular weight is 515 g/mol. The van der Waals surface area contributed by atoms with E-state index in [1.807, 2.05) is 36.4 Å². The lowest BCUT2D eigenvalue weighted by Gasteiger charge is -2.27. The van der Waals surface area contributed by atoms with Crippen LogP contribution in [-0.4, -0.2) is 33.8 Å². The van der Waals surface area contributed by atoms with Crippen LogP contribution in [-0.2, 0) is 12.8 Å². The van der Waals surface area contributed by atoms with E-state index in [2.05, 4.69) is 28.5 Å². The number of carbonyl (C=O) groups is 1. The van der Waals surface area contributed by atoms with Crippen molar-refractivity contribution < 1.29 is 19.7 Å². The molecule has 4 aromatic rings. The fourth-order valence-corrected chi connectivity index (χ4v) is 4.82. The van der Waals surface area contributed by atoms with Gasteiger partial charge >= 0.3 is 5.97 Å². The SMILES string of the molecule is O=C(O)c1ccc(Oc2ccc(-c3ccc4c(c3)C[C@@H](NC[C@@H](O)c3cccc(Cl)c3)CC4)cc2)nc1. The summed E-state index contributed by atoms with van der Waals surface area (Å²) in [6, 6.07) is 25.0. The average Bonchev–Trinajstić information content (AvgIpc) is 2.92. The number of aromatic carboxylic acids is 1. The van der Waals surface area contributed by atoms with Crippen LogP contribution in [0.5, 0.6) is 11.6 Å². The van der Waals surface area contributed by atoms with Crippen molar-refractivity contribution in [3.8, 4) is 22.8 Å². The summed E-state index contributed by atoms with van der Waals surface area (Å²) in [4.78, 5) is 15.0. The van der Waals surface area contributed by atoms with Crippen molar-refractivity contribution in [2.24, 2.45) is 0 Å². The number of carboxylic acids is 1. The molecular formula is C30H27ClN2O4. The Labute approximate surface area is 220 Å². The lowest BCUT2D eigenvalue weighted by molar-refractivity contribution is 0.0696. The Morgan fingerprint density at radius 2 is 1.84 bits per heavy atom. The van der Waals surface area contributed by atoms with Gasteiger partial charge in [0.1, 0.15) is 5.75 Å². The van der Waals surface area contributed by atoms with E-state index < -0.39 is 12.1 Å². The largest absolute Gasteiger partial charge is 0.478 e. The Balaban J connectivity index is 1.21. The quantitative estimate of drug-likeness (QED) is 0.264. The fraction of sp³-hybridized carbons (Fsp3) is 0.200. The molecule has 0 fully saturated rings. The Morgan fingerprint density at radius 1 is 1.03 bits per heavy atom. The molecule has 188 valence electrons. The molecule has 1 heterocycles. The van der Waals surface area contributed by atoms with Crippen LogP contribution in [0.1, 0.15) is 39.6 Å². The van der Waals surface area contributed by atoms with Gasteiger partial charge in [-0.3, -0.25) is 0 Å². The third-order valence-electron chi connectivity index (χ3n) is 6.66. The van der Waals surface area contributed by atoms with E-state index >= 15 is 0 Å². The van der Waals surface area contributed by atoms with E-state index in [1.54, 1.807) is 18.2 Å². The highest BCUT2D eigenvalue weighted by molar-refractivity contribution is 6.30. The zero-order valence-corrected chi connectivity index (χ0v) is 20.9. The van der Waals surface area contributed by atoms with Gasteiger partial charge < -0.3 is 20.3 Å². The van der Waals surface area contributed by atoms with Gasteiger partial charge in [0.15, 0.2) is 0 Å². The van der Waals surface area contributed by atoms with E-state index in [0.717, 1.165) is 36.0 Å². The van der Waals surface area contributed by atoms with Crippen molar-refractivity contribution in [3.63, 3.8) is 0 Å². The first-order valence-electron chi connectivity index (χ1n) is 12.2. The number of rotatable bonds is 8. The van der Waals surface area contributed by atoms with Gasteiger partial charge in [0.25, 0.3) is 0 Å². The van der Waals surface area contributed by atoms with Crippen molar-refractivity contribution >= 4 is 17.6 Å². The number of nitrogens with one attached hydrogen (secondary N) is 1. The van der Waals surface area contributed by atoms with Gasteiger partial charge in [0.2, 0.25) is 5.88 Å². The number of pyridine rings is 1. The second kappa shape index (κ2) is 11.1. The number of aryl methyl sites for hydroxylation is 1. The Kier molecular flexibility index (Phi) is 7.51. The number of fused-ring (bicyclic) bond motifs is 1. The topological polar surface area (TPSA) is 91.7 Å². The van der Waals surface area contributed by atoms with E-state index in [4.69, 9.17) is 21.4 Å². The Morgan fingerprint density at radius 3 is 2.57 bits per heavy atom. The van der Waals surface area contributed by atoms with Crippen molar-refractivity contribution in [3.05, 3.63) is 112 Å². The van der Waals surface area contributed by atoms with Crippen molar-refractivity contribution in [2.75, 3.05) is 6.54 Å². The standard InChI is InChI=1S/C30H27ClN2O4/c31-25-3-1-2-22(15-25)28(34)18-32-26-10-6-20-4-5-21(14-24(20)16-26)19-7-11-27(12-8-19)37-29-13-9-23(17-33-29)30(35)36/h1-5,7-9,11-15,17,26,28,32,34H,6,10,16,18H2,(H,35,36)/t26-,28+/m0/s1. The molecule has 1 aliphatic carbocycles. The lowest BCUT2D eigenvalue weighted by atomic mass is 9.86. The maximum absolute atomic E-state index is 11.0. The Hall–Kier alpha value is -3.71. The second-order valence-corrected chi connectivity index (χ2v) is 9.66. The molecule has 3 aromatic carbocycles. The molecule has 3 N–H and O–H groups in total. The van der Waals surface area contributed by atoms with Crippen LogP contribution in [0.2, 0.25) is 5.02 Å². The molecule has 7 heteroatoms. The van der Waals surface area contributed by atoms with Gasteiger partial charge in [-0.1, -0.05) is 54.1 Å². The van der Waals surface area contributed by atoms with Crippen LogP contribution in [0.3, 0.4) is 0 Å². The molecule has 0 amide bonds. The van der Waals surface area contributed by atoms with E-state index in [0.29, 0.717) is 29.2 Å².